The van der Waals surface area contributed by atoms with Crippen molar-refractivity contribution in [2.45, 2.75) is 31.8 Å². The van der Waals surface area contributed by atoms with Gasteiger partial charge in [-0.1, -0.05) is 11.6 Å². The van der Waals surface area contributed by atoms with Crippen LogP contribution in [0.4, 0.5) is 0 Å². The molecule has 106 valence electrons. The number of rotatable bonds is 2. The monoisotopic (exact) mass is 290 g/mol. The van der Waals surface area contributed by atoms with Crippen molar-refractivity contribution in [1.29, 1.82) is 0 Å². The van der Waals surface area contributed by atoms with E-state index in [0.717, 1.165) is 30.8 Å². The maximum absolute atomic E-state index is 6.25. The van der Waals surface area contributed by atoms with Crippen LogP contribution in [0.5, 0.6) is 0 Å². The van der Waals surface area contributed by atoms with Crippen molar-refractivity contribution >= 4 is 11.6 Å². The summed E-state index contributed by atoms with van der Waals surface area (Å²) in [5, 5.41) is 0.654. The molecule has 1 fully saturated rings. The maximum Gasteiger partial charge on any atom is 0.141 e. The Morgan fingerprint density at radius 3 is 2.95 bits per heavy atom. The molecular formula is C15H19ClN4. The number of likely N-dealkylation sites (tertiary alicyclic amines) is 1. The zero-order valence-electron chi connectivity index (χ0n) is 11.8. The molecule has 0 aliphatic carbocycles. The van der Waals surface area contributed by atoms with Crippen LogP contribution in [0.2, 0.25) is 5.02 Å². The first kappa shape index (κ1) is 13.6. The maximum atomic E-state index is 6.25. The lowest BCUT2D eigenvalue weighted by Crippen LogP contribution is -2.38. The zero-order chi connectivity index (χ0) is 14.1. The number of pyridine rings is 1. The van der Waals surface area contributed by atoms with Crippen LogP contribution in [0.1, 0.15) is 25.8 Å². The van der Waals surface area contributed by atoms with Crippen molar-refractivity contribution < 1.29 is 0 Å². The largest absolute Gasteiger partial charge is 0.328 e. The lowest BCUT2D eigenvalue weighted by molar-refractivity contribution is 0.157. The lowest BCUT2D eigenvalue weighted by atomic mass is 9.98. The van der Waals surface area contributed by atoms with Crippen LogP contribution >= 0.6 is 11.6 Å². The third kappa shape index (κ3) is 2.45. The van der Waals surface area contributed by atoms with E-state index >= 15 is 0 Å². The van der Waals surface area contributed by atoms with Crippen LogP contribution in [0.3, 0.4) is 0 Å². The van der Waals surface area contributed by atoms with Crippen LogP contribution in [0.25, 0.3) is 11.4 Å². The summed E-state index contributed by atoms with van der Waals surface area (Å²) in [7, 11) is 2.19. The Balaban J connectivity index is 1.93. The summed E-state index contributed by atoms with van der Waals surface area (Å²) in [5.41, 5.74) is 0.957. The summed E-state index contributed by atoms with van der Waals surface area (Å²) >= 11 is 6.25. The van der Waals surface area contributed by atoms with Crippen molar-refractivity contribution in [3.8, 4) is 11.4 Å². The zero-order valence-corrected chi connectivity index (χ0v) is 12.6. The molecule has 2 aromatic heterocycles. The molecule has 3 rings (SSSR count). The Labute approximate surface area is 124 Å². The lowest BCUT2D eigenvalue weighted by Gasteiger charge is -2.36. The van der Waals surface area contributed by atoms with Gasteiger partial charge in [-0.25, -0.2) is 4.98 Å². The summed E-state index contributed by atoms with van der Waals surface area (Å²) < 4.78 is 2.27. The summed E-state index contributed by atoms with van der Waals surface area (Å²) in [6, 6.07) is 3.01. The summed E-state index contributed by atoms with van der Waals surface area (Å²) in [6.07, 6.45) is 9.64. The molecule has 0 spiro atoms. The summed E-state index contributed by atoms with van der Waals surface area (Å²) in [5.74, 6) is 0.944. The highest BCUT2D eigenvalue weighted by Gasteiger charge is 2.25. The van der Waals surface area contributed by atoms with Crippen molar-refractivity contribution in [3.63, 3.8) is 0 Å². The highest BCUT2D eigenvalue weighted by Crippen LogP contribution is 2.32. The van der Waals surface area contributed by atoms with E-state index in [9.17, 15) is 0 Å². The molecule has 1 aliphatic heterocycles. The Kier molecular flexibility index (Phi) is 3.76. The average molecular weight is 291 g/mol. The number of halogens is 1. The summed E-state index contributed by atoms with van der Waals surface area (Å²) in [6.45, 7) is 3.40. The quantitative estimate of drug-likeness (QED) is 0.851. The topological polar surface area (TPSA) is 34.0 Å². The van der Waals surface area contributed by atoms with E-state index in [2.05, 4.69) is 39.6 Å². The highest BCUT2D eigenvalue weighted by molar-refractivity contribution is 6.33. The minimum Gasteiger partial charge on any atom is -0.328 e. The van der Waals surface area contributed by atoms with Gasteiger partial charge in [0, 0.05) is 49.0 Å². The molecule has 0 amide bonds. The molecule has 5 heteroatoms. The van der Waals surface area contributed by atoms with E-state index in [1.165, 1.54) is 0 Å². The Morgan fingerprint density at radius 1 is 1.35 bits per heavy atom. The minimum atomic E-state index is 0.489. The van der Waals surface area contributed by atoms with Crippen LogP contribution in [-0.4, -0.2) is 39.1 Å². The number of piperidine rings is 1. The van der Waals surface area contributed by atoms with Gasteiger partial charge in [-0.2, -0.15) is 0 Å². The first-order valence-electron chi connectivity index (χ1n) is 6.99. The molecule has 0 saturated carbocycles. The second-order valence-electron chi connectivity index (χ2n) is 5.52. The van der Waals surface area contributed by atoms with E-state index in [-0.39, 0.29) is 0 Å². The Hall–Kier alpha value is -1.39. The molecule has 2 atom stereocenters. The van der Waals surface area contributed by atoms with Gasteiger partial charge >= 0.3 is 0 Å². The molecule has 1 saturated heterocycles. The van der Waals surface area contributed by atoms with Crippen LogP contribution < -0.4 is 0 Å². The minimum absolute atomic E-state index is 0.489. The normalized spacial score (nSPS) is 23.9. The fraction of sp³-hybridized carbons (Fsp3) is 0.467. The Bertz CT molecular complexity index is 595. The van der Waals surface area contributed by atoms with Crippen molar-refractivity contribution in [2.75, 3.05) is 13.6 Å². The van der Waals surface area contributed by atoms with Gasteiger partial charge in [-0.3, -0.25) is 4.98 Å². The second-order valence-corrected chi connectivity index (χ2v) is 5.93. The van der Waals surface area contributed by atoms with Crippen molar-refractivity contribution in [1.82, 2.24) is 19.4 Å². The molecule has 0 radical (unpaired) electrons. The number of hydrogen-bond donors (Lipinski definition) is 0. The fourth-order valence-corrected chi connectivity index (χ4v) is 3.09. The molecule has 4 nitrogen and oxygen atoms in total. The van der Waals surface area contributed by atoms with E-state index in [1.54, 1.807) is 12.4 Å². The van der Waals surface area contributed by atoms with Gasteiger partial charge in [-0.15, -0.1) is 0 Å². The van der Waals surface area contributed by atoms with Gasteiger partial charge in [0.1, 0.15) is 5.82 Å². The number of aromatic nitrogens is 3. The first-order chi connectivity index (χ1) is 9.66. The van der Waals surface area contributed by atoms with Crippen LogP contribution in [0, 0.1) is 0 Å². The molecule has 1 aliphatic rings. The van der Waals surface area contributed by atoms with E-state index < -0.39 is 0 Å². The van der Waals surface area contributed by atoms with Crippen LogP contribution in [0.15, 0.2) is 30.9 Å². The van der Waals surface area contributed by atoms with Crippen molar-refractivity contribution in [3.05, 3.63) is 35.9 Å². The van der Waals surface area contributed by atoms with E-state index in [1.807, 2.05) is 12.3 Å². The number of nitrogens with zero attached hydrogens (tertiary/aromatic N) is 4. The smallest absolute Gasteiger partial charge is 0.141 e. The van der Waals surface area contributed by atoms with Gasteiger partial charge in [0.25, 0.3) is 0 Å². The van der Waals surface area contributed by atoms with E-state index in [0.29, 0.717) is 17.1 Å². The third-order valence-corrected chi connectivity index (χ3v) is 4.56. The van der Waals surface area contributed by atoms with E-state index in [4.69, 9.17) is 11.6 Å². The van der Waals surface area contributed by atoms with Gasteiger partial charge in [-0.05, 0) is 32.9 Å². The second kappa shape index (κ2) is 5.54. The molecule has 0 bridgehead atoms. The predicted octanol–water partition coefficient (Wildman–Crippen LogP) is 3.25. The molecule has 0 unspecified atom stereocenters. The number of hydrogen-bond acceptors (Lipinski definition) is 3. The molecule has 0 aromatic carbocycles. The molecule has 3 heterocycles. The van der Waals surface area contributed by atoms with Gasteiger partial charge in [0.05, 0.1) is 5.02 Å². The van der Waals surface area contributed by atoms with Gasteiger partial charge in [0.2, 0.25) is 0 Å². The van der Waals surface area contributed by atoms with Crippen molar-refractivity contribution in [2.24, 2.45) is 0 Å². The Morgan fingerprint density at radius 2 is 2.20 bits per heavy atom. The molecule has 2 aromatic rings. The summed E-state index contributed by atoms with van der Waals surface area (Å²) in [4.78, 5) is 11.0. The molecule has 20 heavy (non-hydrogen) atoms. The molecule has 0 N–H and O–H groups in total. The molecular weight excluding hydrogens is 272 g/mol. The predicted molar refractivity (Wildman–Crippen MR) is 80.8 cm³/mol. The van der Waals surface area contributed by atoms with Gasteiger partial charge in [0.15, 0.2) is 0 Å². The fourth-order valence-electron chi connectivity index (χ4n) is 2.89. The highest BCUT2D eigenvalue weighted by atomic mass is 35.5. The van der Waals surface area contributed by atoms with Gasteiger partial charge < -0.3 is 9.47 Å². The first-order valence-corrected chi connectivity index (χ1v) is 7.37. The average Bonchev–Trinajstić information content (AvgIpc) is 2.91. The van der Waals surface area contributed by atoms with Crippen LogP contribution in [-0.2, 0) is 0 Å². The SMILES string of the molecule is C[C@H]1C[C@@H](n2ccnc2-c2ccncc2Cl)CCN1C. The third-order valence-electron chi connectivity index (χ3n) is 4.26. The standard InChI is InChI=1S/C15H19ClN4/c1-11-9-12(4-7-19(11)2)20-8-6-18-15(20)13-3-5-17-10-14(13)16/h3,5-6,8,10-12H,4,7,9H2,1-2H3/t11-,12-/m0/s1. The number of imidazole rings is 1.